The van der Waals surface area contributed by atoms with Crippen LogP contribution >= 0.6 is 15.9 Å². The van der Waals surface area contributed by atoms with E-state index in [1.165, 1.54) is 11.4 Å². The molecule has 1 aliphatic heterocycles. The number of ether oxygens (including phenoxy) is 1. The lowest BCUT2D eigenvalue weighted by Gasteiger charge is -2.25. The molecule has 7 nitrogen and oxygen atoms in total. The van der Waals surface area contributed by atoms with Crippen LogP contribution in [0.5, 0.6) is 5.75 Å². The number of methoxy groups -OCH3 is 1. The molecule has 1 aromatic rings. The first-order valence-corrected chi connectivity index (χ1v) is 11.1. The Morgan fingerprint density at radius 1 is 1.22 bits per heavy atom. The van der Waals surface area contributed by atoms with Crippen LogP contribution in [0.1, 0.15) is 27.2 Å². The van der Waals surface area contributed by atoms with Gasteiger partial charge in [0.25, 0.3) is 0 Å². The molecule has 1 saturated heterocycles. The second-order valence-corrected chi connectivity index (χ2v) is 10.4. The van der Waals surface area contributed by atoms with Gasteiger partial charge in [-0.2, -0.15) is 4.31 Å². The lowest BCUT2D eigenvalue weighted by atomic mass is 10.1. The molecule has 0 radical (unpaired) electrons. The van der Waals surface area contributed by atoms with Crippen molar-refractivity contribution >= 4 is 31.9 Å². The van der Waals surface area contributed by atoms with Crippen molar-refractivity contribution in [2.24, 2.45) is 0 Å². The Hall–Kier alpha value is -1.16. The van der Waals surface area contributed by atoms with Gasteiger partial charge in [-0.3, -0.25) is 9.69 Å². The van der Waals surface area contributed by atoms with Crippen LogP contribution in [0.3, 0.4) is 0 Å². The minimum absolute atomic E-state index is 0.0486. The average Bonchev–Trinajstić information content (AvgIpc) is 2.79. The van der Waals surface area contributed by atoms with Crippen LogP contribution in [0.4, 0.5) is 0 Å². The largest absolute Gasteiger partial charge is 0.495 e. The highest BCUT2D eigenvalue weighted by Crippen LogP contribution is 2.30. The smallest absolute Gasteiger partial charge is 0.246 e. The van der Waals surface area contributed by atoms with Gasteiger partial charge in [-0.05, 0) is 51.9 Å². The molecular formula is C18H28BrN3O4S. The maximum absolute atomic E-state index is 13.1. The summed E-state index contributed by atoms with van der Waals surface area (Å²) in [7, 11) is -2.22. The summed E-state index contributed by atoms with van der Waals surface area (Å²) in [6, 6.07) is 4.95. The number of carbonyl (C=O) groups excluding carboxylic acids is 1. The summed E-state index contributed by atoms with van der Waals surface area (Å²) in [5, 5.41) is 2.94. The van der Waals surface area contributed by atoms with E-state index in [4.69, 9.17) is 4.74 Å². The third-order valence-corrected chi connectivity index (χ3v) is 6.59. The lowest BCUT2D eigenvalue weighted by Crippen LogP contribution is -2.46. The van der Waals surface area contributed by atoms with Crippen molar-refractivity contribution in [1.82, 2.24) is 14.5 Å². The van der Waals surface area contributed by atoms with E-state index in [0.717, 1.165) is 0 Å². The highest BCUT2D eigenvalue weighted by atomic mass is 79.9. The second-order valence-electron chi connectivity index (χ2n) is 7.63. The van der Waals surface area contributed by atoms with Crippen LogP contribution in [0.25, 0.3) is 0 Å². The lowest BCUT2D eigenvalue weighted by molar-refractivity contribution is -0.123. The van der Waals surface area contributed by atoms with Crippen molar-refractivity contribution < 1.29 is 17.9 Å². The predicted molar refractivity (Wildman–Crippen MR) is 108 cm³/mol. The topological polar surface area (TPSA) is 79.0 Å². The first kappa shape index (κ1) is 22.1. The van der Waals surface area contributed by atoms with Gasteiger partial charge in [0.15, 0.2) is 0 Å². The fourth-order valence-corrected chi connectivity index (χ4v) is 5.16. The van der Waals surface area contributed by atoms with Crippen molar-refractivity contribution in [2.75, 3.05) is 39.8 Å². The molecule has 9 heteroatoms. The molecule has 1 aliphatic rings. The van der Waals surface area contributed by atoms with Gasteiger partial charge in [0.1, 0.15) is 10.6 Å². The number of nitrogens with one attached hydrogen (secondary N) is 1. The van der Waals surface area contributed by atoms with Crippen molar-refractivity contribution in [3.63, 3.8) is 0 Å². The van der Waals surface area contributed by atoms with Crippen molar-refractivity contribution in [3.05, 3.63) is 22.7 Å². The van der Waals surface area contributed by atoms with Crippen molar-refractivity contribution in [1.29, 1.82) is 0 Å². The zero-order chi connectivity index (χ0) is 20.2. The SMILES string of the molecule is COc1ccc(Br)cc1S(=O)(=O)N1CCCN(CC(=O)NC(C)(C)C)CC1. The molecule has 1 amide bonds. The number of carbonyl (C=O) groups is 1. The van der Waals surface area contributed by atoms with E-state index < -0.39 is 10.0 Å². The van der Waals surface area contributed by atoms with Gasteiger partial charge in [0, 0.05) is 29.6 Å². The van der Waals surface area contributed by atoms with Gasteiger partial charge in [0.05, 0.1) is 13.7 Å². The zero-order valence-corrected chi connectivity index (χ0v) is 18.7. The number of rotatable bonds is 5. The number of sulfonamides is 1. The maximum atomic E-state index is 13.1. The molecule has 0 unspecified atom stereocenters. The molecule has 152 valence electrons. The summed E-state index contributed by atoms with van der Waals surface area (Å²) in [5.74, 6) is 0.274. The quantitative estimate of drug-likeness (QED) is 0.725. The van der Waals surface area contributed by atoms with E-state index in [2.05, 4.69) is 21.2 Å². The van der Waals surface area contributed by atoms with E-state index >= 15 is 0 Å². The Morgan fingerprint density at radius 2 is 1.93 bits per heavy atom. The van der Waals surface area contributed by atoms with Crippen LogP contribution in [-0.2, 0) is 14.8 Å². The summed E-state index contributed by atoms with van der Waals surface area (Å²) in [6.45, 7) is 8.01. The number of amides is 1. The molecular weight excluding hydrogens is 434 g/mol. The van der Waals surface area contributed by atoms with Crippen molar-refractivity contribution in [3.8, 4) is 5.75 Å². The minimum Gasteiger partial charge on any atom is -0.495 e. The van der Waals surface area contributed by atoms with Crippen molar-refractivity contribution in [2.45, 2.75) is 37.6 Å². The standard InChI is InChI=1S/C18H28BrN3O4S/c1-18(2,3)20-17(23)13-21-8-5-9-22(11-10-21)27(24,25)16-12-14(19)6-7-15(16)26-4/h6-7,12H,5,8-11,13H2,1-4H3,(H,20,23). The summed E-state index contributed by atoms with van der Waals surface area (Å²) < 4.78 is 33.6. The molecule has 0 atom stereocenters. The molecule has 1 heterocycles. The highest BCUT2D eigenvalue weighted by molar-refractivity contribution is 9.10. The Morgan fingerprint density at radius 3 is 2.56 bits per heavy atom. The van der Waals surface area contributed by atoms with E-state index in [1.807, 2.05) is 25.7 Å². The fraction of sp³-hybridized carbons (Fsp3) is 0.611. The number of hydrogen-bond acceptors (Lipinski definition) is 5. The van der Waals surface area contributed by atoms with Gasteiger partial charge in [-0.15, -0.1) is 0 Å². The summed E-state index contributed by atoms with van der Waals surface area (Å²) >= 11 is 3.33. The fourth-order valence-electron chi connectivity index (χ4n) is 3.00. The van der Waals surface area contributed by atoms with E-state index in [1.54, 1.807) is 18.2 Å². The molecule has 0 aliphatic carbocycles. The van der Waals surface area contributed by atoms with Crippen LogP contribution in [0.2, 0.25) is 0 Å². The zero-order valence-electron chi connectivity index (χ0n) is 16.3. The predicted octanol–water partition coefficient (Wildman–Crippen LogP) is 2.07. The van der Waals surface area contributed by atoms with Crippen LogP contribution in [-0.4, -0.2) is 68.9 Å². The number of halogens is 1. The number of benzene rings is 1. The Labute approximate surface area is 170 Å². The first-order chi connectivity index (χ1) is 12.5. The third kappa shape index (κ3) is 6.17. The number of nitrogens with zero attached hydrogens (tertiary/aromatic N) is 2. The molecule has 0 spiro atoms. The van der Waals surface area contributed by atoms with Gasteiger partial charge in [-0.1, -0.05) is 15.9 Å². The average molecular weight is 462 g/mol. The van der Waals surface area contributed by atoms with Gasteiger partial charge in [0.2, 0.25) is 15.9 Å². The molecule has 27 heavy (non-hydrogen) atoms. The molecule has 1 N–H and O–H groups in total. The number of hydrogen-bond donors (Lipinski definition) is 1. The molecule has 1 aromatic carbocycles. The summed E-state index contributed by atoms with van der Waals surface area (Å²) in [5.41, 5.74) is -0.282. The Balaban J connectivity index is 2.09. The highest BCUT2D eigenvalue weighted by Gasteiger charge is 2.30. The molecule has 2 rings (SSSR count). The van der Waals surface area contributed by atoms with Crippen LogP contribution in [0.15, 0.2) is 27.6 Å². The molecule has 0 saturated carbocycles. The van der Waals surface area contributed by atoms with Gasteiger partial charge in [-0.25, -0.2) is 8.42 Å². The Kier molecular flexibility index (Phi) is 7.29. The van der Waals surface area contributed by atoms with E-state index in [0.29, 0.717) is 42.8 Å². The normalized spacial score (nSPS) is 17.4. The minimum atomic E-state index is -3.68. The van der Waals surface area contributed by atoms with E-state index in [-0.39, 0.29) is 22.9 Å². The Bertz CT molecular complexity index is 777. The molecule has 0 aromatic heterocycles. The van der Waals surface area contributed by atoms with Gasteiger partial charge < -0.3 is 10.1 Å². The summed E-state index contributed by atoms with van der Waals surface area (Å²) in [4.78, 5) is 14.3. The van der Waals surface area contributed by atoms with Crippen LogP contribution < -0.4 is 10.1 Å². The van der Waals surface area contributed by atoms with Gasteiger partial charge >= 0.3 is 0 Å². The van der Waals surface area contributed by atoms with E-state index in [9.17, 15) is 13.2 Å². The molecule has 1 fully saturated rings. The molecule has 0 bridgehead atoms. The monoisotopic (exact) mass is 461 g/mol. The third-order valence-electron chi connectivity index (χ3n) is 4.17. The van der Waals surface area contributed by atoms with Crippen LogP contribution in [0, 0.1) is 0 Å². The second kappa shape index (κ2) is 8.89. The first-order valence-electron chi connectivity index (χ1n) is 8.90. The summed E-state index contributed by atoms with van der Waals surface area (Å²) in [6.07, 6.45) is 0.665. The maximum Gasteiger partial charge on any atom is 0.246 e.